The lowest BCUT2D eigenvalue weighted by Gasteiger charge is -2.10. The number of anilines is 3. The van der Waals surface area contributed by atoms with E-state index in [1.54, 1.807) is 13.0 Å². The summed E-state index contributed by atoms with van der Waals surface area (Å²) in [5.74, 6) is 1.42. The van der Waals surface area contributed by atoms with Crippen LogP contribution in [0.1, 0.15) is 11.4 Å². The molecule has 0 saturated carbocycles. The number of nitrogens with two attached hydrogens (primary N) is 1. The number of hydrogen-bond donors (Lipinski definition) is 4. The van der Waals surface area contributed by atoms with Gasteiger partial charge < -0.3 is 11.1 Å². The monoisotopic (exact) mass is 445 g/mol. The van der Waals surface area contributed by atoms with Crippen molar-refractivity contribution in [2.24, 2.45) is 0 Å². The van der Waals surface area contributed by atoms with E-state index in [0.717, 1.165) is 0 Å². The molecule has 0 aliphatic rings. The minimum Gasteiger partial charge on any atom is -0.368 e. The molecule has 0 bridgehead atoms. The quantitative estimate of drug-likeness (QED) is 0.257. The molecule has 0 radical (unpaired) electrons. The van der Waals surface area contributed by atoms with Gasteiger partial charge in [0, 0.05) is 18.3 Å². The molecule has 0 aliphatic heterocycles. The van der Waals surface area contributed by atoms with E-state index < -0.39 is 11.3 Å². The van der Waals surface area contributed by atoms with Gasteiger partial charge >= 0.3 is 0 Å². The van der Waals surface area contributed by atoms with Gasteiger partial charge in [-0.15, -0.1) is 0 Å². The molecular weight excluding hydrogens is 430 g/mol. The van der Waals surface area contributed by atoms with Crippen LogP contribution in [0.2, 0.25) is 5.15 Å². The van der Waals surface area contributed by atoms with Crippen molar-refractivity contribution in [3.8, 4) is 11.5 Å². The number of hydrogen-bond acceptors (Lipinski definition) is 8. The average Bonchev–Trinajstić information content (AvgIpc) is 3.05. The minimum atomic E-state index is -2.17. The van der Waals surface area contributed by atoms with Gasteiger partial charge in [0.15, 0.2) is 11.6 Å². The van der Waals surface area contributed by atoms with E-state index in [4.69, 9.17) is 21.9 Å². The van der Waals surface area contributed by atoms with Crippen molar-refractivity contribution in [3.63, 3.8) is 0 Å². The van der Waals surface area contributed by atoms with E-state index in [1.807, 2.05) is 28.8 Å². The molecule has 154 valence electrons. The SMILES string of the molecule is Cc1nc(N)nc(-c2c(Nc3cnc(Cl)c(CNS(=O)O)c3)nc3ccccn23)n1. The number of rotatable bonds is 6. The molecule has 11 nitrogen and oxygen atoms in total. The van der Waals surface area contributed by atoms with Crippen LogP contribution in [0.3, 0.4) is 0 Å². The number of halogens is 1. The first-order chi connectivity index (χ1) is 14.4. The van der Waals surface area contributed by atoms with Gasteiger partial charge in [0.1, 0.15) is 22.3 Å². The molecule has 4 aromatic heterocycles. The molecule has 0 fully saturated rings. The molecule has 0 aliphatic carbocycles. The fourth-order valence-corrected chi connectivity index (χ4v) is 3.32. The standard InChI is InChI=1S/C17H16ClN9O2S/c1-9-22-15(26-17(19)23-9)13-16(25-12-4-2-3-5-27(12)13)24-11-6-10(7-21-30(28)29)14(18)20-8-11/h2-6,8,21,24H,7H2,1H3,(H,28,29)(H2,19,22,23,26). The number of pyridine rings is 2. The summed E-state index contributed by atoms with van der Waals surface area (Å²) < 4.78 is 24.0. The first kappa shape index (κ1) is 20.1. The Kier molecular flexibility index (Phi) is 5.55. The molecule has 0 aromatic carbocycles. The van der Waals surface area contributed by atoms with Gasteiger partial charge in [0.05, 0.1) is 11.9 Å². The molecular formula is C17H16ClN9O2S. The van der Waals surface area contributed by atoms with Crippen LogP contribution in [0.25, 0.3) is 17.2 Å². The van der Waals surface area contributed by atoms with Crippen LogP contribution in [0.5, 0.6) is 0 Å². The lowest BCUT2D eigenvalue weighted by Crippen LogP contribution is -2.16. The smallest absolute Gasteiger partial charge is 0.232 e. The number of aryl methyl sites for hydroxylation is 1. The molecule has 4 aromatic rings. The third-order valence-corrected chi connectivity index (χ3v) is 4.80. The fourth-order valence-electron chi connectivity index (χ4n) is 2.87. The van der Waals surface area contributed by atoms with Crippen molar-refractivity contribution >= 4 is 46.0 Å². The van der Waals surface area contributed by atoms with Crippen molar-refractivity contribution in [1.29, 1.82) is 0 Å². The number of aromatic nitrogens is 6. The number of nitrogen functional groups attached to an aromatic ring is 1. The molecule has 4 rings (SSSR count). The number of fused-ring (bicyclic) bond motifs is 1. The Morgan fingerprint density at radius 2 is 2.10 bits per heavy atom. The van der Waals surface area contributed by atoms with Crippen molar-refractivity contribution in [2.45, 2.75) is 13.5 Å². The summed E-state index contributed by atoms with van der Waals surface area (Å²) in [6.45, 7) is 1.79. The maximum atomic E-state index is 10.9. The van der Waals surface area contributed by atoms with E-state index >= 15 is 0 Å². The van der Waals surface area contributed by atoms with E-state index in [9.17, 15) is 4.21 Å². The number of imidazole rings is 1. The highest BCUT2D eigenvalue weighted by molar-refractivity contribution is 7.77. The Morgan fingerprint density at radius 1 is 1.27 bits per heavy atom. The largest absolute Gasteiger partial charge is 0.368 e. The summed E-state index contributed by atoms with van der Waals surface area (Å²) in [6, 6.07) is 7.28. The normalized spacial score (nSPS) is 12.2. The topological polar surface area (TPSA) is 156 Å². The second-order valence-corrected chi connectivity index (χ2v) is 7.32. The molecule has 5 N–H and O–H groups in total. The predicted octanol–water partition coefficient (Wildman–Crippen LogP) is 2.10. The van der Waals surface area contributed by atoms with Gasteiger partial charge in [-0.05, 0) is 25.1 Å². The zero-order valence-electron chi connectivity index (χ0n) is 15.6. The fraction of sp³-hybridized carbons (Fsp3) is 0.118. The summed E-state index contributed by atoms with van der Waals surface area (Å²) in [6.07, 6.45) is 3.37. The van der Waals surface area contributed by atoms with Crippen molar-refractivity contribution in [3.05, 3.63) is 53.2 Å². The predicted molar refractivity (Wildman–Crippen MR) is 113 cm³/mol. The van der Waals surface area contributed by atoms with Gasteiger partial charge in [-0.3, -0.25) is 8.95 Å². The molecule has 1 unspecified atom stereocenters. The zero-order chi connectivity index (χ0) is 21.3. The Hall–Kier alpha value is -3.19. The van der Waals surface area contributed by atoms with Gasteiger partial charge in [-0.2, -0.15) is 9.97 Å². The van der Waals surface area contributed by atoms with Crippen LogP contribution in [0.4, 0.5) is 17.5 Å². The van der Waals surface area contributed by atoms with Crippen LogP contribution in [0.15, 0.2) is 36.7 Å². The highest BCUT2D eigenvalue weighted by Crippen LogP contribution is 2.30. The average molecular weight is 446 g/mol. The van der Waals surface area contributed by atoms with Crippen LogP contribution < -0.4 is 15.8 Å². The van der Waals surface area contributed by atoms with Gasteiger partial charge in [0.2, 0.25) is 17.2 Å². The highest BCUT2D eigenvalue weighted by Gasteiger charge is 2.18. The van der Waals surface area contributed by atoms with Gasteiger partial charge in [0.25, 0.3) is 0 Å². The van der Waals surface area contributed by atoms with E-state index in [-0.39, 0.29) is 17.6 Å². The Bertz CT molecular complexity index is 1240. The van der Waals surface area contributed by atoms with Crippen molar-refractivity contribution < 1.29 is 8.76 Å². The third kappa shape index (κ3) is 4.21. The third-order valence-electron chi connectivity index (χ3n) is 4.07. The second kappa shape index (κ2) is 8.28. The first-order valence-corrected chi connectivity index (χ1v) is 10.1. The first-order valence-electron chi connectivity index (χ1n) is 8.62. The number of nitrogens with zero attached hydrogens (tertiary/aromatic N) is 6. The Balaban J connectivity index is 1.78. The van der Waals surface area contributed by atoms with E-state index in [0.29, 0.717) is 40.1 Å². The molecule has 0 saturated heterocycles. The molecule has 0 spiro atoms. The summed E-state index contributed by atoms with van der Waals surface area (Å²) >= 11 is 3.92. The summed E-state index contributed by atoms with van der Waals surface area (Å²) in [5.41, 5.74) is 8.19. The molecule has 0 amide bonds. The Morgan fingerprint density at radius 3 is 2.87 bits per heavy atom. The highest BCUT2D eigenvalue weighted by atomic mass is 35.5. The second-order valence-electron chi connectivity index (χ2n) is 6.17. The summed E-state index contributed by atoms with van der Waals surface area (Å²) in [7, 11) is 0. The van der Waals surface area contributed by atoms with E-state index in [1.165, 1.54) is 6.20 Å². The lowest BCUT2D eigenvalue weighted by atomic mass is 10.2. The summed E-state index contributed by atoms with van der Waals surface area (Å²) in [5, 5.41) is 3.41. The maximum Gasteiger partial charge on any atom is 0.232 e. The zero-order valence-corrected chi connectivity index (χ0v) is 17.1. The van der Waals surface area contributed by atoms with Crippen LogP contribution in [-0.4, -0.2) is 38.1 Å². The minimum absolute atomic E-state index is 0.0612. The maximum absolute atomic E-state index is 10.9. The van der Waals surface area contributed by atoms with Crippen LogP contribution in [0, 0.1) is 6.92 Å². The molecule has 13 heteroatoms. The summed E-state index contributed by atoms with van der Waals surface area (Å²) in [4.78, 5) is 21.4. The van der Waals surface area contributed by atoms with Gasteiger partial charge in [-0.25, -0.2) is 23.9 Å². The Labute approximate surface area is 178 Å². The van der Waals surface area contributed by atoms with Crippen LogP contribution in [-0.2, 0) is 17.8 Å². The number of nitrogens with one attached hydrogen (secondary N) is 2. The van der Waals surface area contributed by atoms with Crippen LogP contribution >= 0.6 is 11.6 Å². The molecule has 30 heavy (non-hydrogen) atoms. The molecule has 1 atom stereocenters. The molecule has 4 heterocycles. The lowest BCUT2D eigenvalue weighted by molar-refractivity contribution is 0.548. The van der Waals surface area contributed by atoms with Crippen molar-refractivity contribution in [1.82, 2.24) is 34.0 Å². The van der Waals surface area contributed by atoms with Crippen molar-refractivity contribution in [2.75, 3.05) is 11.1 Å². The van der Waals surface area contributed by atoms with Gasteiger partial charge in [-0.1, -0.05) is 17.7 Å². The van der Waals surface area contributed by atoms with E-state index in [2.05, 4.69) is 35.0 Å².